The van der Waals surface area contributed by atoms with E-state index in [1.807, 2.05) is 72.8 Å². The molecule has 6 atom stereocenters. The molecular formula is C38H47N3O6. The van der Waals surface area contributed by atoms with Crippen molar-refractivity contribution in [3.8, 4) is 0 Å². The van der Waals surface area contributed by atoms with E-state index in [2.05, 4.69) is 20.8 Å². The molecule has 1 spiro atoms. The van der Waals surface area contributed by atoms with Crippen LogP contribution in [0.15, 0.2) is 72.8 Å². The number of hydrogen-bond acceptors (Lipinski definition) is 6. The van der Waals surface area contributed by atoms with E-state index in [0.717, 1.165) is 48.4 Å². The first-order valence-corrected chi connectivity index (χ1v) is 16.9. The van der Waals surface area contributed by atoms with E-state index in [0.29, 0.717) is 17.9 Å². The van der Waals surface area contributed by atoms with Crippen molar-refractivity contribution in [3.63, 3.8) is 0 Å². The Bertz CT molecular complexity index is 1640. The number of nitro groups is 1. The first kappa shape index (κ1) is 32.9. The van der Waals surface area contributed by atoms with Crippen molar-refractivity contribution < 1.29 is 24.0 Å². The van der Waals surface area contributed by atoms with E-state index in [9.17, 15) is 19.7 Å². The number of carbonyl (C=O) groups is 2. The molecule has 1 saturated heterocycles. The number of hydrogen-bond donors (Lipinski definition) is 0. The number of likely N-dealkylation sites (N-methyl/N-ethyl adjacent to an activating group) is 1. The lowest BCUT2D eigenvalue weighted by Gasteiger charge is -2.54. The van der Waals surface area contributed by atoms with Crippen LogP contribution < -0.4 is 0 Å². The maximum atomic E-state index is 14.5. The number of fused-ring (bicyclic) bond motifs is 4. The molecule has 9 heteroatoms. The van der Waals surface area contributed by atoms with Crippen LogP contribution in [0, 0.1) is 26.9 Å². The lowest BCUT2D eigenvalue weighted by molar-refractivity contribution is -0.484. The Morgan fingerprint density at radius 1 is 0.979 bits per heavy atom. The second kappa shape index (κ2) is 12.6. The molecule has 0 radical (unpaired) electrons. The third-order valence-corrected chi connectivity index (χ3v) is 12.1. The van der Waals surface area contributed by atoms with Crippen LogP contribution in [-0.4, -0.2) is 65.2 Å². The van der Waals surface area contributed by atoms with Crippen LogP contribution in [0.5, 0.6) is 0 Å². The summed E-state index contributed by atoms with van der Waals surface area (Å²) in [4.78, 5) is 43.6. The van der Waals surface area contributed by atoms with Crippen molar-refractivity contribution in [3.05, 3.63) is 94.0 Å². The lowest BCUT2D eigenvalue weighted by Crippen LogP contribution is -2.62. The Labute approximate surface area is 277 Å². The van der Waals surface area contributed by atoms with E-state index >= 15 is 0 Å². The highest BCUT2D eigenvalue weighted by atomic mass is 16.6. The molecule has 2 aliphatic carbocycles. The van der Waals surface area contributed by atoms with Gasteiger partial charge in [0.25, 0.3) is 0 Å². The minimum absolute atomic E-state index is 0.000388. The van der Waals surface area contributed by atoms with Gasteiger partial charge in [0.2, 0.25) is 12.5 Å². The topological polar surface area (TPSA) is 102 Å². The van der Waals surface area contributed by atoms with Gasteiger partial charge >= 0.3 is 6.09 Å². The van der Waals surface area contributed by atoms with Gasteiger partial charge in [-0.3, -0.25) is 19.8 Å². The van der Waals surface area contributed by atoms with E-state index < -0.39 is 47.3 Å². The molecule has 2 amide bonds. The number of benzene rings is 3. The molecule has 2 bridgehead atoms. The summed E-state index contributed by atoms with van der Waals surface area (Å²) in [5.74, 6) is -0.865. The second-order valence-corrected chi connectivity index (χ2v) is 14.8. The number of rotatable bonds is 9. The van der Waals surface area contributed by atoms with E-state index in [4.69, 9.17) is 9.47 Å². The molecule has 6 rings (SSSR count). The maximum Gasteiger partial charge on any atom is 0.412 e. The van der Waals surface area contributed by atoms with Gasteiger partial charge in [0.05, 0.1) is 11.5 Å². The fourth-order valence-electron chi connectivity index (χ4n) is 9.02. The number of amides is 2. The molecule has 47 heavy (non-hydrogen) atoms. The summed E-state index contributed by atoms with van der Waals surface area (Å²) < 4.78 is 13.2. The standard InChI is InChI=1S/C38H47N3O6/c1-36(2)30-19-21-37(36,3)38(23-30)20-11-16-32(47-38)41(35(43)46-25-26-12-7-6-8-13-26)33(34(42)39(4)5)31(24-40(44)45)29-18-17-27-14-9-10-15-28(27)22-29/h6-10,12-15,17-18,22,30-33H,11,16,19-21,23-25H2,1-5H3/t30-,31-,32-,33-,37-,38-/m1/s1. The molecule has 0 unspecified atom stereocenters. The predicted octanol–water partition coefficient (Wildman–Crippen LogP) is 7.41. The Kier molecular flexibility index (Phi) is 8.81. The van der Waals surface area contributed by atoms with Crippen LogP contribution in [0.3, 0.4) is 0 Å². The molecule has 0 N–H and O–H groups in total. The molecule has 3 aliphatic rings. The molecule has 0 aromatic heterocycles. The van der Waals surface area contributed by atoms with Crippen LogP contribution >= 0.6 is 0 Å². The summed E-state index contributed by atoms with van der Waals surface area (Å²) in [6.45, 7) is 6.45. The summed E-state index contributed by atoms with van der Waals surface area (Å²) in [5, 5.41) is 14.2. The summed E-state index contributed by atoms with van der Waals surface area (Å²) in [5.41, 5.74) is 0.901. The van der Waals surface area contributed by atoms with Gasteiger partial charge in [0.1, 0.15) is 18.9 Å². The molecule has 9 nitrogen and oxygen atoms in total. The number of nitrogens with zero attached hydrogens (tertiary/aromatic N) is 3. The first-order valence-electron chi connectivity index (χ1n) is 16.9. The average molecular weight is 642 g/mol. The van der Waals surface area contributed by atoms with Gasteiger partial charge in [0.15, 0.2) is 0 Å². The smallest absolute Gasteiger partial charge is 0.412 e. The minimum atomic E-state index is -1.24. The predicted molar refractivity (Wildman–Crippen MR) is 180 cm³/mol. The summed E-state index contributed by atoms with van der Waals surface area (Å²) in [7, 11) is 3.24. The Morgan fingerprint density at radius 2 is 1.68 bits per heavy atom. The molecule has 3 fully saturated rings. The maximum absolute atomic E-state index is 14.5. The van der Waals surface area contributed by atoms with Gasteiger partial charge in [-0.1, -0.05) is 93.6 Å². The monoisotopic (exact) mass is 641 g/mol. The minimum Gasteiger partial charge on any atom is -0.444 e. The molecule has 3 aromatic rings. The van der Waals surface area contributed by atoms with Crippen LogP contribution in [0.25, 0.3) is 10.8 Å². The third kappa shape index (κ3) is 5.77. The van der Waals surface area contributed by atoms with Gasteiger partial charge in [-0.05, 0) is 71.8 Å². The van der Waals surface area contributed by atoms with Gasteiger partial charge in [-0.15, -0.1) is 0 Å². The molecule has 250 valence electrons. The quantitative estimate of drug-likeness (QED) is 0.178. The lowest BCUT2D eigenvalue weighted by atomic mass is 9.62. The highest BCUT2D eigenvalue weighted by molar-refractivity contribution is 5.88. The third-order valence-electron chi connectivity index (χ3n) is 12.1. The summed E-state index contributed by atoms with van der Waals surface area (Å²) >= 11 is 0. The van der Waals surface area contributed by atoms with Gasteiger partial charge in [-0.2, -0.15) is 0 Å². The van der Waals surface area contributed by atoms with Crippen LogP contribution in [0.4, 0.5) is 4.79 Å². The van der Waals surface area contributed by atoms with Crippen molar-refractivity contribution in [2.24, 2.45) is 16.7 Å². The molecule has 1 aliphatic heterocycles. The molecular weight excluding hydrogens is 594 g/mol. The summed E-state index contributed by atoms with van der Waals surface area (Å²) in [6, 6.07) is 21.6. The Morgan fingerprint density at radius 3 is 2.32 bits per heavy atom. The van der Waals surface area contributed by atoms with Crippen LogP contribution in [-0.2, 0) is 20.9 Å². The van der Waals surface area contributed by atoms with E-state index in [1.54, 1.807) is 14.1 Å². The zero-order valence-electron chi connectivity index (χ0n) is 28.2. The van der Waals surface area contributed by atoms with Crippen molar-refractivity contribution in [2.45, 2.75) is 89.7 Å². The van der Waals surface area contributed by atoms with Crippen molar-refractivity contribution in [1.29, 1.82) is 0 Å². The second-order valence-electron chi connectivity index (χ2n) is 14.8. The zero-order chi connectivity index (χ0) is 33.6. The normalized spacial score (nSPS) is 27.3. The van der Waals surface area contributed by atoms with Crippen molar-refractivity contribution >= 4 is 22.8 Å². The molecule has 1 heterocycles. The van der Waals surface area contributed by atoms with Crippen molar-refractivity contribution in [2.75, 3.05) is 20.6 Å². The number of ether oxygens (including phenoxy) is 2. The number of carbonyl (C=O) groups excluding carboxylic acids is 2. The first-order chi connectivity index (χ1) is 22.4. The van der Waals surface area contributed by atoms with Crippen LogP contribution in [0.1, 0.15) is 76.3 Å². The van der Waals surface area contributed by atoms with Gasteiger partial charge < -0.3 is 14.4 Å². The largest absolute Gasteiger partial charge is 0.444 e. The fraction of sp³-hybridized carbons (Fsp3) is 0.526. The fourth-order valence-corrected chi connectivity index (χ4v) is 9.02. The van der Waals surface area contributed by atoms with Crippen molar-refractivity contribution in [1.82, 2.24) is 9.80 Å². The highest BCUT2D eigenvalue weighted by Crippen LogP contribution is 2.72. The van der Waals surface area contributed by atoms with E-state index in [-0.39, 0.29) is 17.4 Å². The highest BCUT2D eigenvalue weighted by Gasteiger charge is 2.70. The summed E-state index contributed by atoms with van der Waals surface area (Å²) in [6.07, 6.45) is 3.78. The molecule has 3 aromatic carbocycles. The van der Waals surface area contributed by atoms with Gasteiger partial charge in [0, 0.05) is 24.4 Å². The van der Waals surface area contributed by atoms with E-state index in [1.165, 1.54) is 9.80 Å². The SMILES string of the molecule is CN(C)C(=O)[C@@H]([C@H](C[N+](=O)[O-])c1ccc2ccccc2c1)N(C(=O)OCc1ccccc1)[C@H]1CCC[C@]2(C[C@H]3CC[C@]2(C)C3(C)C)O1. The zero-order valence-corrected chi connectivity index (χ0v) is 28.2. The Hall–Kier alpha value is -3.98. The van der Waals surface area contributed by atoms with Crippen LogP contribution in [0.2, 0.25) is 0 Å². The van der Waals surface area contributed by atoms with Gasteiger partial charge in [-0.25, -0.2) is 4.79 Å². The molecule has 2 saturated carbocycles. The Balaban J connectivity index is 1.45. The average Bonchev–Trinajstić information content (AvgIpc) is 3.37.